The second-order valence-electron chi connectivity index (χ2n) is 0.919. The summed E-state index contributed by atoms with van der Waals surface area (Å²) in [5, 5.41) is 15.0. The van der Waals surface area contributed by atoms with Crippen molar-refractivity contribution in [1.29, 1.82) is 5.26 Å². The van der Waals surface area contributed by atoms with E-state index in [-0.39, 0.29) is 34.3 Å². The third-order valence-electron chi connectivity index (χ3n) is 0.143. The van der Waals surface area contributed by atoms with Crippen LogP contribution < -0.4 is 0 Å². The summed E-state index contributed by atoms with van der Waals surface area (Å²) < 4.78 is 29.3. The van der Waals surface area contributed by atoms with E-state index in [2.05, 4.69) is 4.18 Å². The van der Waals surface area contributed by atoms with E-state index in [1.54, 1.807) is 6.92 Å². The van der Waals surface area contributed by atoms with E-state index in [4.69, 9.17) is 14.9 Å². The number of nitriles is 1. The van der Waals surface area contributed by atoms with Crippen molar-refractivity contribution in [2.45, 2.75) is 6.92 Å². The molecule has 8 heteroatoms. The van der Waals surface area contributed by atoms with Gasteiger partial charge in [0.05, 0.1) is 0 Å². The Morgan fingerprint density at radius 3 is 1.91 bits per heavy atom. The van der Waals surface area contributed by atoms with Gasteiger partial charge in [-0.25, -0.2) is 0 Å². The Hall–Kier alpha value is 0.0951. The first kappa shape index (κ1) is 17.3. The Bertz CT molecular complexity index is 194. The summed E-state index contributed by atoms with van der Waals surface area (Å²) in [6, 6.07) is 0. The van der Waals surface area contributed by atoms with Crippen LogP contribution in [0.2, 0.25) is 0 Å². The van der Waals surface area contributed by atoms with Crippen molar-refractivity contribution in [3.63, 3.8) is 0 Å². The molecule has 0 radical (unpaired) electrons. The van der Waals surface area contributed by atoms with Crippen LogP contribution in [-0.4, -0.2) is 24.7 Å². The molecule has 62 valence electrons. The normalized spacial score (nSPS) is 7.82. The van der Waals surface area contributed by atoms with Gasteiger partial charge in [0.25, 0.3) is 0 Å². The van der Waals surface area contributed by atoms with Gasteiger partial charge in [-0.2, -0.15) is 8.42 Å². The van der Waals surface area contributed by atoms with Crippen molar-refractivity contribution in [1.82, 2.24) is 0 Å². The number of hydrogen-bond donors (Lipinski definition) is 2. The second kappa shape index (κ2) is 10.1. The Morgan fingerprint density at radius 2 is 1.91 bits per heavy atom. The van der Waals surface area contributed by atoms with E-state index in [0.29, 0.717) is 0 Å². The fourth-order valence-electron chi connectivity index (χ4n) is 0.0471. The van der Waals surface area contributed by atoms with Crippen molar-refractivity contribution in [3.8, 4) is 6.26 Å². The third kappa shape index (κ3) is 39.4. The average Bonchev–Trinajstić information content (AvgIpc) is 1.63. The van der Waals surface area contributed by atoms with Gasteiger partial charge in [0.15, 0.2) is 0 Å². The van der Waals surface area contributed by atoms with Gasteiger partial charge in [-0.05, 0) is 6.92 Å². The Morgan fingerprint density at radius 1 is 1.64 bits per heavy atom. The molecule has 0 rings (SSSR count). The zero-order valence-corrected chi connectivity index (χ0v) is 12.2. The maximum absolute atomic E-state index is 9.34. The Balaban J connectivity index is -0.000000140. The van der Waals surface area contributed by atoms with Crippen molar-refractivity contribution < 1.29 is 49.9 Å². The quantitative estimate of drug-likeness (QED) is 0.359. The van der Waals surface area contributed by atoms with E-state index in [1.807, 2.05) is 0 Å². The number of hydrogen-bond acceptors (Lipinski definition) is 5. The minimum Gasteiger partial charge on any atom is -0.397 e. The first-order chi connectivity index (χ1) is 4.47. The molecule has 0 saturated carbocycles. The number of aliphatic hydroxyl groups excluding tert-OH is 1. The van der Waals surface area contributed by atoms with Crippen LogP contribution >= 0.6 is 0 Å². The average molecular weight is 370 g/mol. The van der Waals surface area contributed by atoms with Crippen molar-refractivity contribution in [2.24, 2.45) is 0 Å². The molecule has 0 spiro atoms. The zero-order chi connectivity index (χ0) is 8.62. The number of aliphatic hydroxyl groups is 1. The maximum Gasteiger partial charge on any atom is 0.456 e. The summed E-state index contributed by atoms with van der Waals surface area (Å²) in [7, 11) is -4.54. The molecule has 0 aliphatic rings. The zero-order valence-electron chi connectivity index (χ0n) is 5.89. The molecule has 0 aromatic heterocycles. The van der Waals surface area contributed by atoms with E-state index >= 15 is 0 Å². The van der Waals surface area contributed by atoms with Crippen LogP contribution in [0.5, 0.6) is 0 Å². The first-order valence-corrected chi connectivity index (χ1v) is 3.50. The molecule has 0 aliphatic carbocycles. The van der Waals surface area contributed by atoms with Crippen LogP contribution in [0.15, 0.2) is 0 Å². The molecule has 0 aromatic carbocycles. The standard InChI is InChI=1S/C2H6O.CHNO4S.Hg/c1-2-3;2-1-6-7(3,4)5;/h3H,2H2,1H3;(H,3,4,5);. The van der Waals surface area contributed by atoms with Gasteiger partial charge in [0.1, 0.15) is 0 Å². The van der Waals surface area contributed by atoms with Gasteiger partial charge in [-0.3, -0.25) is 8.74 Å². The number of nitrogens with zero attached hydrogens (tertiary/aromatic N) is 1. The topological polar surface area (TPSA) is 108 Å². The molecule has 0 aliphatic heterocycles. The fraction of sp³-hybridized carbons (Fsp3) is 0.667. The van der Waals surface area contributed by atoms with E-state index in [0.717, 1.165) is 6.26 Å². The van der Waals surface area contributed by atoms with Crippen LogP contribution in [0, 0.1) is 11.5 Å². The molecule has 0 amide bonds. The van der Waals surface area contributed by atoms with Gasteiger partial charge in [-0.1, -0.05) is 0 Å². The van der Waals surface area contributed by atoms with Crippen LogP contribution in [0.1, 0.15) is 6.92 Å². The molecule has 6 nitrogen and oxygen atoms in total. The van der Waals surface area contributed by atoms with Crippen LogP contribution in [-0.2, 0) is 42.3 Å². The summed E-state index contributed by atoms with van der Waals surface area (Å²) in [6.07, 6.45) is 0.770. The van der Waals surface area contributed by atoms with Crippen molar-refractivity contribution >= 4 is 10.4 Å². The second-order valence-corrected chi connectivity index (χ2v) is 1.94. The smallest absolute Gasteiger partial charge is 0.397 e. The predicted octanol–water partition coefficient (Wildman–Crippen LogP) is -0.717. The summed E-state index contributed by atoms with van der Waals surface area (Å²) in [4.78, 5) is 0. The van der Waals surface area contributed by atoms with Gasteiger partial charge < -0.3 is 5.11 Å². The minimum atomic E-state index is -4.54. The summed E-state index contributed by atoms with van der Waals surface area (Å²) in [6.45, 7) is 1.93. The molecular weight excluding hydrogens is 363 g/mol. The predicted molar refractivity (Wildman–Crippen MR) is 31.0 cm³/mol. The molecule has 0 fully saturated rings. The molecule has 0 unspecified atom stereocenters. The maximum atomic E-state index is 9.34. The molecule has 0 saturated heterocycles. The molecule has 2 N–H and O–H groups in total. The third-order valence-corrected chi connectivity index (χ3v) is 0.428. The van der Waals surface area contributed by atoms with Gasteiger partial charge in [0, 0.05) is 34.3 Å². The summed E-state index contributed by atoms with van der Waals surface area (Å²) >= 11 is 0. The summed E-state index contributed by atoms with van der Waals surface area (Å²) in [5.41, 5.74) is 0. The van der Waals surface area contributed by atoms with Crippen LogP contribution in [0.4, 0.5) is 0 Å². The van der Waals surface area contributed by atoms with E-state index in [1.165, 1.54) is 0 Å². The molecule has 0 aromatic rings. The van der Waals surface area contributed by atoms with E-state index < -0.39 is 10.4 Å². The van der Waals surface area contributed by atoms with Crippen LogP contribution in [0.25, 0.3) is 0 Å². The molecule has 0 heterocycles. The Kier molecular flexibility index (Phi) is 15.8. The SMILES string of the molecule is CCO.N#COS(=O)(=O)O.[Hg]. The molecular formula is C3H7HgNO5S. The fourth-order valence-corrected chi connectivity index (χ4v) is 0.141. The van der Waals surface area contributed by atoms with Gasteiger partial charge in [0.2, 0.25) is 0 Å². The number of rotatable bonds is 1. The van der Waals surface area contributed by atoms with Crippen LogP contribution in [0.3, 0.4) is 0 Å². The largest absolute Gasteiger partial charge is 0.456 e. The Labute approximate surface area is 85.2 Å². The molecule has 0 atom stereocenters. The molecule has 0 bridgehead atoms. The minimum absolute atomic E-state index is 0. The van der Waals surface area contributed by atoms with Gasteiger partial charge >= 0.3 is 16.7 Å². The van der Waals surface area contributed by atoms with Gasteiger partial charge in [-0.15, -0.1) is 5.26 Å². The molecule has 11 heavy (non-hydrogen) atoms. The first-order valence-electron chi connectivity index (χ1n) is 2.13. The van der Waals surface area contributed by atoms with E-state index in [9.17, 15) is 8.42 Å². The van der Waals surface area contributed by atoms with Crippen molar-refractivity contribution in [2.75, 3.05) is 6.61 Å². The summed E-state index contributed by atoms with van der Waals surface area (Å²) in [5.74, 6) is 0. The monoisotopic (exact) mass is 371 g/mol. The van der Waals surface area contributed by atoms with Crippen molar-refractivity contribution in [3.05, 3.63) is 0 Å².